The lowest BCUT2D eigenvalue weighted by Gasteiger charge is -2.29. The average Bonchev–Trinajstić information content (AvgIpc) is 2.28. The fourth-order valence-corrected chi connectivity index (χ4v) is 1.67. The number of fused-ring (bicyclic) bond motifs is 1. The van der Waals surface area contributed by atoms with Crippen LogP contribution in [0.1, 0.15) is 6.42 Å². The minimum Gasteiger partial charge on any atom is -0.482 e. The minimum absolute atomic E-state index is 0.00318. The molecular formula is C11H13FN2O2. The SMILES string of the molecule is NCCCN1C(=O)COc2ccc(F)cc21. The third kappa shape index (κ3) is 1.99. The molecule has 0 unspecified atom stereocenters. The van der Waals surface area contributed by atoms with Crippen molar-refractivity contribution in [3.8, 4) is 5.75 Å². The third-order valence-corrected chi connectivity index (χ3v) is 2.45. The molecule has 0 aromatic heterocycles. The van der Waals surface area contributed by atoms with Crippen molar-refractivity contribution in [2.75, 3.05) is 24.6 Å². The highest BCUT2D eigenvalue weighted by Gasteiger charge is 2.25. The van der Waals surface area contributed by atoms with Crippen molar-refractivity contribution in [2.45, 2.75) is 6.42 Å². The van der Waals surface area contributed by atoms with Crippen molar-refractivity contribution in [2.24, 2.45) is 5.73 Å². The zero-order valence-corrected chi connectivity index (χ0v) is 8.78. The van der Waals surface area contributed by atoms with E-state index in [1.807, 2.05) is 0 Å². The Kier molecular flexibility index (Phi) is 3.05. The van der Waals surface area contributed by atoms with Gasteiger partial charge >= 0.3 is 0 Å². The Morgan fingerprint density at radius 1 is 1.50 bits per heavy atom. The number of amides is 1. The lowest BCUT2D eigenvalue weighted by Crippen LogP contribution is -2.40. The van der Waals surface area contributed by atoms with E-state index in [9.17, 15) is 9.18 Å². The quantitative estimate of drug-likeness (QED) is 0.829. The molecule has 1 aliphatic rings. The molecule has 1 aromatic rings. The highest BCUT2D eigenvalue weighted by molar-refractivity contribution is 5.97. The Hall–Kier alpha value is -1.62. The number of anilines is 1. The highest BCUT2D eigenvalue weighted by Crippen LogP contribution is 2.32. The first-order chi connectivity index (χ1) is 7.72. The molecule has 86 valence electrons. The molecule has 0 aliphatic carbocycles. The molecule has 1 aliphatic heterocycles. The van der Waals surface area contributed by atoms with Crippen molar-refractivity contribution in [1.29, 1.82) is 0 Å². The van der Waals surface area contributed by atoms with E-state index in [0.29, 0.717) is 30.9 Å². The fourth-order valence-electron chi connectivity index (χ4n) is 1.67. The number of halogens is 1. The van der Waals surface area contributed by atoms with E-state index in [-0.39, 0.29) is 18.3 Å². The van der Waals surface area contributed by atoms with Gasteiger partial charge in [-0.3, -0.25) is 4.79 Å². The molecule has 2 rings (SSSR count). The molecule has 0 saturated carbocycles. The van der Waals surface area contributed by atoms with E-state index in [1.165, 1.54) is 23.1 Å². The van der Waals surface area contributed by atoms with Crippen LogP contribution in [0.15, 0.2) is 18.2 Å². The van der Waals surface area contributed by atoms with E-state index in [4.69, 9.17) is 10.5 Å². The monoisotopic (exact) mass is 224 g/mol. The van der Waals surface area contributed by atoms with Crippen LogP contribution in [0.2, 0.25) is 0 Å². The van der Waals surface area contributed by atoms with Gasteiger partial charge in [0.15, 0.2) is 6.61 Å². The molecule has 0 atom stereocenters. The topological polar surface area (TPSA) is 55.6 Å². The Bertz CT molecular complexity index is 409. The molecule has 1 heterocycles. The van der Waals surface area contributed by atoms with Gasteiger partial charge in [-0.2, -0.15) is 0 Å². The van der Waals surface area contributed by atoms with Crippen LogP contribution < -0.4 is 15.4 Å². The van der Waals surface area contributed by atoms with E-state index in [1.54, 1.807) is 0 Å². The maximum absolute atomic E-state index is 13.1. The van der Waals surface area contributed by atoms with Gasteiger partial charge in [0, 0.05) is 12.6 Å². The van der Waals surface area contributed by atoms with Gasteiger partial charge in [0.05, 0.1) is 5.69 Å². The molecule has 5 heteroatoms. The fraction of sp³-hybridized carbons (Fsp3) is 0.364. The smallest absolute Gasteiger partial charge is 0.265 e. The summed E-state index contributed by atoms with van der Waals surface area (Å²) in [6.45, 7) is 0.994. The second-order valence-electron chi connectivity index (χ2n) is 3.59. The summed E-state index contributed by atoms with van der Waals surface area (Å²) in [5.41, 5.74) is 5.89. The summed E-state index contributed by atoms with van der Waals surface area (Å²) in [5.74, 6) is -0.000583. The first-order valence-electron chi connectivity index (χ1n) is 5.15. The standard InChI is InChI=1S/C11H13FN2O2/c12-8-2-3-10-9(6-8)14(5-1-4-13)11(15)7-16-10/h2-3,6H,1,4-5,7,13H2. The summed E-state index contributed by atoms with van der Waals surface area (Å²) in [6, 6.07) is 4.16. The van der Waals surface area contributed by atoms with Crippen LogP contribution in [0, 0.1) is 5.82 Å². The van der Waals surface area contributed by atoms with Crippen molar-refractivity contribution < 1.29 is 13.9 Å². The van der Waals surface area contributed by atoms with Crippen LogP contribution >= 0.6 is 0 Å². The van der Waals surface area contributed by atoms with Crippen LogP contribution in [-0.2, 0) is 4.79 Å². The largest absolute Gasteiger partial charge is 0.482 e. The van der Waals surface area contributed by atoms with E-state index in [0.717, 1.165) is 0 Å². The second kappa shape index (κ2) is 4.49. The zero-order chi connectivity index (χ0) is 11.5. The summed E-state index contributed by atoms with van der Waals surface area (Å²) >= 11 is 0. The van der Waals surface area contributed by atoms with Gasteiger partial charge in [-0.1, -0.05) is 0 Å². The molecule has 1 aromatic carbocycles. The molecule has 0 radical (unpaired) electrons. The number of hydrogen-bond acceptors (Lipinski definition) is 3. The normalized spacial score (nSPS) is 14.6. The molecule has 0 spiro atoms. The van der Waals surface area contributed by atoms with E-state index >= 15 is 0 Å². The molecule has 0 fully saturated rings. The molecule has 2 N–H and O–H groups in total. The summed E-state index contributed by atoms with van der Waals surface area (Å²) in [6.07, 6.45) is 0.682. The van der Waals surface area contributed by atoms with Gasteiger partial charge in [0.1, 0.15) is 11.6 Å². The van der Waals surface area contributed by atoms with Crippen LogP contribution in [0.25, 0.3) is 0 Å². The summed E-state index contributed by atoms with van der Waals surface area (Å²) in [4.78, 5) is 13.1. The van der Waals surface area contributed by atoms with Gasteiger partial charge in [0.25, 0.3) is 5.91 Å². The number of nitrogens with two attached hydrogens (primary N) is 1. The molecule has 0 saturated heterocycles. The number of nitrogens with zero attached hydrogens (tertiary/aromatic N) is 1. The second-order valence-corrected chi connectivity index (χ2v) is 3.59. The van der Waals surface area contributed by atoms with Gasteiger partial charge in [-0.25, -0.2) is 4.39 Å². The van der Waals surface area contributed by atoms with Crippen LogP contribution in [0.4, 0.5) is 10.1 Å². The molecule has 1 amide bonds. The summed E-state index contributed by atoms with van der Waals surface area (Å²) < 4.78 is 18.3. The number of ether oxygens (including phenoxy) is 1. The summed E-state index contributed by atoms with van der Waals surface area (Å²) in [5, 5.41) is 0. The third-order valence-electron chi connectivity index (χ3n) is 2.45. The number of rotatable bonds is 3. The number of carbonyl (C=O) groups is 1. The van der Waals surface area contributed by atoms with Gasteiger partial charge < -0.3 is 15.4 Å². The van der Waals surface area contributed by atoms with Crippen LogP contribution in [0.5, 0.6) is 5.75 Å². The van der Waals surface area contributed by atoms with E-state index in [2.05, 4.69) is 0 Å². The van der Waals surface area contributed by atoms with Crippen molar-refractivity contribution in [3.05, 3.63) is 24.0 Å². The lowest BCUT2D eigenvalue weighted by molar-refractivity contribution is -0.121. The highest BCUT2D eigenvalue weighted by atomic mass is 19.1. The van der Waals surface area contributed by atoms with E-state index < -0.39 is 0 Å². The van der Waals surface area contributed by atoms with Crippen LogP contribution in [0.3, 0.4) is 0 Å². The Morgan fingerprint density at radius 3 is 3.06 bits per heavy atom. The Balaban J connectivity index is 2.31. The van der Waals surface area contributed by atoms with Crippen molar-refractivity contribution >= 4 is 11.6 Å². The average molecular weight is 224 g/mol. The maximum Gasteiger partial charge on any atom is 0.265 e. The van der Waals surface area contributed by atoms with Gasteiger partial charge in [-0.15, -0.1) is 0 Å². The first-order valence-corrected chi connectivity index (χ1v) is 5.15. The molecular weight excluding hydrogens is 211 g/mol. The zero-order valence-electron chi connectivity index (χ0n) is 8.78. The predicted molar refractivity (Wildman–Crippen MR) is 57.9 cm³/mol. The Morgan fingerprint density at radius 2 is 2.31 bits per heavy atom. The molecule has 16 heavy (non-hydrogen) atoms. The van der Waals surface area contributed by atoms with Gasteiger partial charge in [0.2, 0.25) is 0 Å². The van der Waals surface area contributed by atoms with Crippen molar-refractivity contribution in [1.82, 2.24) is 0 Å². The predicted octanol–water partition coefficient (Wildman–Crippen LogP) is 0.900. The molecule has 0 bridgehead atoms. The number of benzene rings is 1. The number of carbonyl (C=O) groups excluding carboxylic acids is 1. The summed E-state index contributed by atoms with van der Waals surface area (Å²) in [7, 11) is 0. The lowest BCUT2D eigenvalue weighted by atomic mass is 10.2. The maximum atomic E-state index is 13.1. The van der Waals surface area contributed by atoms with Gasteiger partial charge in [-0.05, 0) is 25.1 Å². The Labute approximate surface area is 92.8 Å². The van der Waals surface area contributed by atoms with Crippen LogP contribution in [-0.4, -0.2) is 25.6 Å². The first kappa shape index (κ1) is 10.9. The number of hydrogen-bond donors (Lipinski definition) is 1. The minimum atomic E-state index is -0.380. The molecule has 4 nitrogen and oxygen atoms in total. The van der Waals surface area contributed by atoms with Crippen molar-refractivity contribution in [3.63, 3.8) is 0 Å².